The minimum atomic E-state index is 0.312. The summed E-state index contributed by atoms with van der Waals surface area (Å²) in [6, 6.07) is 4.43. The van der Waals surface area contributed by atoms with Crippen molar-refractivity contribution in [3.8, 4) is 0 Å². The molecule has 0 aromatic carbocycles. The Morgan fingerprint density at radius 2 is 2.31 bits per heavy atom. The summed E-state index contributed by atoms with van der Waals surface area (Å²) in [5.74, 6) is 0.725. The van der Waals surface area contributed by atoms with Gasteiger partial charge in [0.15, 0.2) is 5.82 Å². The van der Waals surface area contributed by atoms with Crippen molar-refractivity contribution >= 4 is 0 Å². The summed E-state index contributed by atoms with van der Waals surface area (Å²) in [7, 11) is 3.71. The maximum atomic E-state index is 4.17. The van der Waals surface area contributed by atoms with E-state index in [4.69, 9.17) is 0 Å². The summed E-state index contributed by atoms with van der Waals surface area (Å²) < 4.78 is 2.12. The second-order valence-electron chi connectivity index (χ2n) is 3.77. The van der Waals surface area contributed by atoms with Crippen LogP contribution in [-0.2, 0) is 13.6 Å². The summed E-state index contributed by atoms with van der Waals surface area (Å²) in [6.45, 7) is 2.78. The summed E-state index contributed by atoms with van der Waals surface area (Å²) in [4.78, 5) is 1.47. The van der Waals surface area contributed by atoms with E-state index >= 15 is 0 Å². The third-order valence-corrected chi connectivity index (χ3v) is 2.60. The van der Waals surface area contributed by atoms with Crippen LogP contribution in [0.1, 0.15) is 24.5 Å². The highest BCUT2D eigenvalue weighted by Gasteiger charge is 2.09. The summed E-state index contributed by atoms with van der Waals surface area (Å²) in [5.41, 5.74) is 1.22. The van der Waals surface area contributed by atoms with Crippen molar-refractivity contribution in [1.82, 2.24) is 30.1 Å². The van der Waals surface area contributed by atoms with E-state index in [0.717, 1.165) is 5.82 Å². The van der Waals surface area contributed by atoms with Crippen LogP contribution in [0, 0.1) is 0 Å². The van der Waals surface area contributed by atoms with E-state index in [9.17, 15) is 0 Å². The number of rotatable bonds is 4. The van der Waals surface area contributed by atoms with E-state index in [-0.39, 0.29) is 0 Å². The fourth-order valence-corrected chi connectivity index (χ4v) is 1.65. The molecular formula is C10H16N6. The first-order valence-corrected chi connectivity index (χ1v) is 5.26. The maximum Gasteiger partial charge on any atom is 0.194 e. The smallest absolute Gasteiger partial charge is 0.194 e. The highest BCUT2D eigenvalue weighted by atomic mass is 15.6. The van der Waals surface area contributed by atoms with Crippen molar-refractivity contribution in [2.75, 3.05) is 7.05 Å². The topological polar surface area (TPSA) is 60.6 Å². The van der Waals surface area contributed by atoms with Gasteiger partial charge in [-0.3, -0.25) is 0 Å². The van der Waals surface area contributed by atoms with Crippen LogP contribution >= 0.6 is 0 Å². The molecule has 86 valence electrons. The van der Waals surface area contributed by atoms with E-state index in [1.165, 1.54) is 10.5 Å². The second-order valence-corrected chi connectivity index (χ2v) is 3.77. The monoisotopic (exact) mass is 220 g/mol. The molecule has 0 spiro atoms. The number of tetrazole rings is 1. The molecular weight excluding hydrogens is 204 g/mol. The molecule has 6 nitrogen and oxygen atoms in total. The Hall–Kier alpha value is -1.69. The predicted octanol–water partition coefficient (Wildman–Crippen LogP) is 0.340. The predicted molar refractivity (Wildman–Crippen MR) is 59.8 cm³/mol. The van der Waals surface area contributed by atoms with Crippen molar-refractivity contribution in [3.63, 3.8) is 0 Å². The van der Waals surface area contributed by atoms with Crippen molar-refractivity contribution in [1.29, 1.82) is 0 Å². The average Bonchev–Trinajstić information content (AvgIpc) is 2.87. The highest BCUT2D eigenvalue weighted by molar-refractivity contribution is 5.12. The second kappa shape index (κ2) is 4.44. The largest absolute Gasteiger partial charge is 0.342 e. The lowest BCUT2D eigenvalue weighted by Crippen LogP contribution is -2.17. The minimum Gasteiger partial charge on any atom is -0.342 e. The van der Waals surface area contributed by atoms with Gasteiger partial charge in [0.1, 0.15) is 0 Å². The molecule has 0 saturated carbocycles. The van der Waals surface area contributed by atoms with Crippen LogP contribution in [0.15, 0.2) is 18.3 Å². The molecule has 0 fully saturated rings. The van der Waals surface area contributed by atoms with Crippen LogP contribution in [0.5, 0.6) is 0 Å². The van der Waals surface area contributed by atoms with Crippen LogP contribution in [0.4, 0.5) is 0 Å². The Balaban J connectivity index is 2.18. The van der Waals surface area contributed by atoms with Crippen molar-refractivity contribution < 1.29 is 0 Å². The lowest BCUT2D eigenvalue weighted by molar-refractivity contribution is 0.579. The van der Waals surface area contributed by atoms with E-state index in [2.05, 4.69) is 38.3 Å². The van der Waals surface area contributed by atoms with Gasteiger partial charge in [-0.1, -0.05) is 0 Å². The molecule has 0 aliphatic carbocycles. The molecule has 1 atom stereocenters. The minimum absolute atomic E-state index is 0.312. The molecule has 2 aromatic heterocycles. The van der Waals surface area contributed by atoms with Gasteiger partial charge in [-0.15, -0.1) is 10.2 Å². The highest BCUT2D eigenvalue weighted by Crippen LogP contribution is 2.13. The Labute approximate surface area is 94.3 Å². The van der Waals surface area contributed by atoms with Crippen molar-refractivity contribution in [2.24, 2.45) is 7.05 Å². The third kappa shape index (κ3) is 2.11. The standard InChI is InChI=1S/C10H16N6/c1-8(11-2)9-5-4-6-16(9)7-10-12-14-15(3)13-10/h4-6,8,11H,7H2,1-3H3. The first-order chi connectivity index (χ1) is 7.70. The van der Waals surface area contributed by atoms with E-state index in [1.54, 1.807) is 7.05 Å². The van der Waals surface area contributed by atoms with Gasteiger partial charge in [0.05, 0.1) is 13.6 Å². The third-order valence-electron chi connectivity index (χ3n) is 2.60. The molecule has 6 heteroatoms. The van der Waals surface area contributed by atoms with Gasteiger partial charge in [-0.05, 0) is 31.3 Å². The molecule has 0 amide bonds. The average molecular weight is 220 g/mol. The van der Waals surface area contributed by atoms with E-state index < -0.39 is 0 Å². The zero-order chi connectivity index (χ0) is 11.5. The maximum absolute atomic E-state index is 4.17. The molecule has 0 bridgehead atoms. The van der Waals surface area contributed by atoms with Crippen LogP contribution in [0.25, 0.3) is 0 Å². The molecule has 2 rings (SSSR count). The molecule has 0 aliphatic heterocycles. The number of aryl methyl sites for hydroxylation is 1. The summed E-state index contributed by atoms with van der Waals surface area (Å²) in [5, 5.41) is 15.2. The molecule has 1 N–H and O–H groups in total. The Kier molecular flexibility index (Phi) is 3.00. The summed E-state index contributed by atoms with van der Waals surface area (Å²) in [6.07, 6.45) is 2.03. The zero-order valence-corrected chi connectivity index (χ0v) is 9.75. The van der Waals surface area contributed by atoms with Gasteiger partial charge in [0, 0.05) is 17.9 Å². The molecule has 0 radical (unpaired) electrons. The number of hydrogen-bond acceptors (Lipinski definition) is 4. The first-order valence-electron chi connectivity index (χ1n) is 5.26. The van der Waals surface area contributed by atoms with Gasteiger partial charge >= 0.3 is 0 Å². The number of aromatic nitrogens is 5. The van der Waals surface area contributed by atoms with E-state index in [1.807, 2.05) is 19.3 Å². The van der Waals surface area contributed by atoms with Crippen molar-refractivity contribution in [3.05, 3.63) is 29.8 Å². The van der Waals surface area contributed by atoms with Crippen LogP contribution in [0.2, 0.25) is 0 Å². The van der Waals surface area contributed by atoms with Gasteiger partial charge in [-0.25, -0.2) is 0 Å². The lowest BCUT2D eigenvalue weighted by atomic mass is 10.2. The molecule has 1 unspecified atom stereocenters. The fourth-order valence-electron chi connectivity index (χ4n) is 1.65. The van der Waals surface area contributed by atoms with Gasteiger partial charge in [0.25, 0.3) is 0 Å². The van der Waals surface area contributed by atoms with Crippen LogP contribution in [-0.4, -0.2) is 31.8 Å². The Bertz CT molecular complexity index is 457. The number of nitrogens with one attached hydrogen (secondary N) is 1. The zero-order valence-electron chi connectivity index (χ0n) is 9.75. The molecule has 16 heavy (non-hydrogen) atoms. The number of hydrogen-bond donors (Lipinski definition) is 1. The Morgan fingerprint density at radius 3 is 2.94 bits per heavy atom. The number of nitrogens with zero attached hydrogens (tertiary/aromatic N) is 5. The van der Waals surface area contributed by atoms with E-state index in [0.29, 0.717) is 12.6 Å². The summed E-state index contributed by atoms with van der Waals surface area (Å²) >= 11 is 0. The fraction of sp³-hybridized carbons (Fsp3) is 0.500. The van der Waals surface area contributed by atoms with Crippen molar-refractivity contribution in [2.45, 2.75) is 19.5 Å². The Morgan fingerprint density at radius 1 is 1.50 bits per heavy atom. The molecule has 0 saturated heterocycles. The van der Waals surface area contributed by atoms with Gasteiger partial charge in [-0.2, -0.15) is 4.80 Å². The lowest BCUT2D eigenvalue weighted by Gasteiger charge is -2.13. The quantitative estimate of drug-likeness (QED) is 0.807. The molecule has 0 aliphatic rings. The normalized spacial score (nSPS) is 12.9. The molecule has 2 aromatic rings. The first kappa shape index (κ1) is 10.8. The van der Waals surface area contributed by atoms with Crippen LogP contribution in [0.3, 0.4) is 0 Å². The van der Waals surface area contributed by atoms with Gasteiger partial charge < -0.3 is 9.88 Å². The van der Waals surface area contributed by atoms with Gasteiger partial charge in [0.2, 0.25) is 0 Å². The molecule has 2 heterocycles. The SMILES string of the molecule is CNC(C)c1cccn1Cc1nnn(C)n1. The van der Waals surface area contributed by atoms with Crippen LogP contribution < -0.4 is 5.32 Å².